The van der Waals surface area contributed by atoms with Gasteiger partial charge in [-0.25, -0.2) is 0 Å². The summed E-state index contributed by atoms with van der Waals surface area (Å²) in [5, 5.41) is 0. The van der Waals surface area contributed by atoms with Crippen molar-refractivity contribution in [2.24, 2.45) is 5.73 Å². The van der Waals surface area contributed by atoms with Crippen LogP contribution < -0.4 is 5.73 Å². The molecule has 2 rings (SSSR count). The fraction of sp³-hybridized carbons (Fsp3) is 0.923. The third-order valence-electron chi connectivity index (χ3n) is 4.10. The summed E-state index contributed by atoms with van der Waals surface area (Å²) in [7, 11) is 0. The lowest BCUT2D eigenvalue weighted by Crippen LogP contribution is -2.58. The van der Waals surface area contributed by atoms with E-state index in [1.165, 1.54) is 25.8 Å². The van der Waals surface area contributed by atoms with Gasteiger partial charge in [0.25, 0.3) is 0 Å². The molecule has 18 heavy (non-hydrogen) atoms. The molecule has 2 fully saturated rings. The van der Waals surface area contributed by atoms with Gasteiger partial charge in [-0.05, 0) is 37.8 Å². The van der Waals surface area contributed by atoms with Crippen LogP contribution in [0.1, 0.15) is 25.7 Å². The molecule has 0 radical (unpaired) electrons. The summed E-state index contributed by atoms with van der Waals surface area (Å²) in [4.78, 5) is 16.8. The number of carbonyl (C=O) groups excluding carboxylic acids is 1. The van der Waals surface area contributed by atoms with Crippen LogP contribution in [0, 0.1) is 0 Å². The van der Waals surface area contributed by atoms with E-state index in [-0.39, 0.29) is 11.9 Å². The van der Waals surface area contributed by atoms with E-state index in [4.69, 9.17) is 5.73 Å². The summed E-state index contributed by atoms with van der Waals surface area (Å²) in [6, 6.07) is 0.289. The van der Waals surface area contributed by atoms with Crippen LogP contribution in [-0.4, -0.2) is 66.0 Å². The average Bonchev–Trinajstić information content (AvgIpc) is 2.43. The summed E-state index contributed by atoms with van der Waals surface area (Å²) in [6.45, 7) is 4.00. The molecule has 2 aliphatic rings. The summed E-state index contributed by atoms with van der Waals surface area (Å²) in [5.74, 6) is 1.13. The molecule has 0 aromatic rings. The maximum Gasteiger partial charge on any atom is 0.239 e. The van der Waals surface area contributed by atoms with Gasteiger partial charge in [0.15, 0.2) is 0 Å². The fourth-order valence-corrected chi connectivity index (χ4v) is 3.45. The minimum absolute atomic E-state index is 0.161. The Morgan fingerprint density at radius 1 is 1.39 bits per heavy atom. The SMILES string of the molecule is CSCC[C@H](N)C(=O)N1CCN2CCCCC2C1. The molecule has 2 atom stereocenters. The zero-order valence-corrected chi connectivity index (χ0v) is 12.1. The number of thioether (sulfide) groups is 1. The lowest BCUT2D eigenvalue weighted by molar-refractivity contribution is -0.136. The Labute approximate surface area is 114 Å². The Morgan fingerprint density at radius 3 is 3.00 bits per heavy atom. The molecule has 0 aliphatic carbocycles. The van der Waals surface area contributed by atoms with Crippen molar-refractivity contribution in [2.75, 3.05) is 38.2 Å². The average molecular weight is 271 g/mol. The second kappa shape index (κ2) is 6.78. The molecule has 1 unspecified atom stereocenters. The first kappa shape index (κ1) is 14.2. The van der Waals surface area contributed by atoms with Crippen molar-refractivity contribution in [1.82, 2.24) is 9.80 Å². The fourth-order valence-electron chi connectivity index (χ4n) is 2.96. The summed E-state index contributed by atoms with van der Waals surface area (Å²) in [5.41, 5.74) is 5.98. The summed E-state index contributed by atoms with van der Waals surface area (Å²) < 4.78 is 0. The van der Waals surface area contributed by atoms with Gasteiger partial charge in [0.1, 0.15) is 0 Å². The quantitative estimate of drug-likeness (QED) is 0.820. The highest BCUT2D eigenvalue weighted by Gasteiger charge is 2.32. The van der Waals surface area contributed by atoms with E-state index < -0.39 is 0 Å². The van der Waals surface area contributed by atoms with Crippen LogP contribution in [0.2, 0.25) is 0 Å². The number of piperazine rings is 1. The molecule has 1 amide bonds. The summed E-state index contributed by atoms with van der Waals surface area (Å²) >= 11 is 1.75. The van der Waals surface area contributed by atoms with Crippen LogP contribution in [0.3, 0.4) is 0 Å². The number of piperidine rings is 1. The number of nitrogens with zero attached hydrogens (tertiary/aromatic N) is 2. The van der Waals surface area contributed by atoms with Crippen LogP contribution in [-0.2, 0) is 4.79 Å². The van der Waals surface area contributed by atoms with E-state index in [1.807, 2.05) is 4.90 Å². The highest BCUT2D eigenvalue weighted by atomic mass is 32.2. The van der Waals surface area contributed by atoms with Crippen molar-refractivity contribution in [3.63, 3.8) is 0 Å². The molecule has 0 aromatic heterocycles. The molecule has 2 heterocycles. The van der Waals surface area contributed by atoms with Crippen LogP contribution in [0.4, 0.5) is 0 Å². The molecule has 0 aromatic carbocycles. The molecule has 0 bridgehead atoms. The molecule has 104 valence electrons. The van der Waals surface area contributed by atoms with Gasteiger partial charge in [0.05, 0.1) is 6.04 Å². The Bertz CT molecular complexity index is 287. The zero-order valence-electron chi connectivity index (χ0n) is 11.3. The smallest absolute Gasteiger partial charge is 0.239 e. The first-order valence-electron chi connectivity index (χ1n) is 6.99. The zero-order chi connectivity index (χ0) is 13.0. The first-order chi connectivity index (χ1) is 8.72. The van der Waals surface area contributed by atoms with Crippen molar-refractivity contribution in [2.45, 2.75) is 37.8 Å². The molecule has 0 saturated carbocycles. The Hall–Kier alpha value is -0.260. The van der Waals surface area contributed by atoms with E-state index in [0.29, 0.717) is 6.04 Å². The van der Waals surface area contributed by atoms with E-state index in [2.05, 4.69) is 11.2 Å². The topological polar surface area (TPSA) is 49.6 Å². The third kappa shape index (κ3) is 3.39. The minimum atomic E-state index is -0.299. The standard InChI is InChI=1S/C13H25N3OS/c1-18-9-5-12(14)13(17)16-8-7-15-6-3-2-4-11(15)10-16/h11-12H,2-10,14H2,1H3/t11?,12-/m0/s1. The third-order valence-corrected chi connectivity index (χ3v) is 4.74. The van der Waals surface area contributed by atoms with Crippen LogP contribution in [0.5, 0.6) is 0 Å². The highest BCUT2D eigenvalue weighted by Crippen LogP contribution is 2.21. The van der Waals surface area contributed by atoms with Gasteiger partial charge in [-0.15, -0.1) is 0 Å². The Morgan fingerprint density at radius 2 is 2.22 bits per heavy atom. The normalized spacial score (nSPS) is 26.8. The largest absolute Gasteiger partial charge is 0.338 e. The minimum Gasteiger partial charge on any atom is -0.338 e. The molecule has 2 N–H and O–H groups in total. The number of carbonyl (C=O) groups is 1. The van der Waals surface area contributed by atoms with E-state index in [9.17, 15) is 4.79 Å². The number of hydrogen-bond donors (Lipinski definition) is 1. The van der Waals surface area contributed by atoms with Gasteiger partial charge in [-0.1, -0.05) is 6.42 Å². The van der Waals surface area contributed by atoms with Gasteiger partial charge in [0, 0.05) is 25.7 Å². The number of amides is 1. The number of rotatable bonds is 4. The van der Waals surface area contributed by atoms with E-state index >= 15 is 0 Å². The molecule has 4 nitrogen and oxygen atoms in total. The Kier molecular flexibility index (Phi) is 5.33. The molecule has 5 heteroatoms. The van der Waals surface area contributed by atoms with Crippen molar-refractivity contribution in [3.8, 4) is 0 Å². The van der Waals surface area contributed by atoms with Gasteiger partial charge < -0.3 is 10.6 Å². The lowest BCUT2D eigenvalue weighted by atomic mass is 9.99. The first-order valence-corrected chi connectivity index (χ1v) is 8.39. The predicted octanol–water partition coefficient (Wildman–Crippen LogP) is 0.764. The van der Waals surface area contributed by atoms with Crippen molar-refractivity contribution in [1.29, 1.82) is 0 Å². The van der Waals surface area contributed by atoms with Crippen LogP contribution in [0.15, 0.2) is 0 Å². The van der Waals surface area contributed by atoms with Crippen molar-refractivity contribution >= 4 is 17.7 Å². The molecule has 2 saturated heterocycles. The maximum atomic E-state index is 12.3. The molecular weight excluding hydrogens is 246 g/mol. The molecule has 2 aliphatic heterocycles. The highest BCUT2D eigenvalue weighted by molar-refractivity contribution is 7.98. The maximum absolute atomic E-state index is 12.3. The number of hydrogen-bond acceptors (Lipinski definition) is 4. The van der Waals surface area contributed by atoms with Crippen molar-refractivity contribution < 1.29 is 4.79 Å². The van der Waals surface area contributed by atoms with Crippen LogP contribution >= 0.6 is 11.8 Å². The van der Waals surface area contributed by atoms with E-state index in [0.717, 1.165) is 31.8 Å². The molecular formula is C13H25N3OS. The summed E-state index contributed by atoms with van der Waals surface area (Å²) in [6.07, 6.45) is 6.71. The molecule has 0 spiro atoms. The lowest BCUT2D eigenvalue weighted by Gasteiger charge is -2.44. The number of fused-ring (bicyclic) bond motifs is 1. The van der Waals surface area contributed by atoms with E-state index in [1.54, 1.807) is 11.8 Å². The number of nitrogens with two attached hydrogens (primary N) is 1. The van der Waals surface area contributed by atoms with Gasteiger partial charge in [-0.3, -0.25) is 9.69 Å². The van der Waals surface area contributed by atoms with Crippen molar-refractivity contribution in [3.05, 3.63) is 0 Å². The Balaban J connectivity index is 1.84. The predicted molar refractivity (Wildman–Crippen MR) is 76.8 cm³/mol. The van der Waals surface area contributed by atoms with Gasteiger partial charge in [-0.2, -0.15) is 11.8 Å². The van der Waals surface area contributed by atoms with Gasteiger partial charge >= 0.3 is 0 Å². The second-order valence-electron chi connectivity index (χ2n) is 5.36. The van der Waals surface area contributed by atoms with Crippen LogP contribution in [0.25, 0.3) is 0 Å². The second-order valence-corrected chi connectivity index (χ2v) is 6.34. The monoisotopic (exact) mass is 271 g/mol. The van der Waals surface area contributed by atoms with Gasteiger partial charge in [0.2, 0.25) is 5.91 Å².